The van der Waals surface area contributed by atoms with Gasteiger partial charge in [0.1, 0.15) is 42.0 Å². The van der Waals surface area contributed by atoms with Crippen molar-refractivity contribution in [3.8, 4) is 5.75 Å². The molecule has 3 heterocycles. The van der Waals surface area contributed by atoms with Crippen molar-refractivity contribution < 1.29 is 42.3 Å². The number of rotatable bonds is 14. The third-order valence-electron chi connectivity index (χ3n) is 12.7. The molecule has 3 aliphatic rings. The molecule has 0 spiro atoms. The van der Waals surface area contributed by atoms with Crippen LogP contribution in [0.3, 0.4) is 0 Å². The van der Waals surface area contributed by atoms with E-state index in [9.17, 15) is 42.3 Å². The number of aromatic nitrogens is 1. The van der Waals surface area contributed by atoms with Gasteiger partial charge in [-0.05, 0) is 86.6 Å². The number of fused-ring (bicyclic) bond motifs is 2. The number of carbonyl (C=O) groups is 6. The number of phenolic OH excluding ortho intramolecular Hbond substituents is 1. The van der Waals surface area contributed by atoms with Gasteiger partial charge in [0.2, 0.25) is 45.5 Å². The van der Waals surface area contributed by atoms with E-state index in [4.69, 9.17) is 11.5 Å². The maximum Gasteiger partial charge on any atom is 0.245 e. The average molecular weight is 948 g/mol. The fraction of sp³-hybridized carbons (Fsp3) is 0.543. The normalized spacial score (nSPS) is 23.4. The third kappa shape index (κ3) is 14.6. The summed E-state index contributed by atoms with van der Waals surface area (Å²) in [5, 5.41) is 25.0. The number of sulfonamides is 1. The van der Waals surface area contributed by atoms with Crippen molar-refractivity contribution in [2.24, 2.45) is 22.4 Å². The molecule has 2 aromatic carbocycles. The molecule has 0 unspecified atom stereocenters. The Hall–Kier alpha value is -6.22. The zero-order chi connectivity index (χ0) is 48.1. The number of aromatic amines is 1. The quantitative estimate of drug-likeness (QED) is 0.0601. The van der Waals surface area contributed by atoms with Gasteiger partial charge in [-0.2, -0.15) is 0 Å². The van der Waals surface area contributed by atoms with Crippen molar-refractivity contribution in [1.82, 2.24) is 41.2 Å². The number of phenols is 1. The minimum Gasteiger partial charge on any atom is -0.508 e. The van der Waals surface area contributed by atoms with E-state index in [-0.39, 0.29) is 75.8 Å². The van der Waals surface area contributed by atoms with Crippen LogP contribution in [-0.4, -0.2) is 127 Å². The van der Waals surface area contributed by atoms with Gasteiger partial charge in [-0.25, -0.2) is 13.1 Å². The number of hydrogen-bond donors (Lipinski definition) is 10. The standard InChI is InChI=1S/C46H65N11O9S/c1-67(65,66)56-38(25-29-17-19-31(58)20-18-29)43(62)53-35-15-8-21-49-40(59)34(14-7-22-50-46(47)48)52-42(61)37(26-30-27-51-33-13-6-5-12-32(30)33)54-41(60)36(24-28-10-3-2-4-11-28)55-44(63)39-16-9-23-57(39)45(35)64/h5-6,12-13,17-20,27-28,34-39,51,56,58H,2-4,7-11,14-16,21-26H2,1H3,(H,49,59)(H,52,61)(H,53,62)(H,54,60)(H,55,63)(H4,47,48,50)/t34-,35-,36+,37-,38-,39-/m0/s1. The van der Waals surface area contributed by atoms with Gasteiger partial charge in [0.25, 0.3) is 0 Å². The van der Waals surface area contributed by atoms with Gasteiger partial charge in [-0.15, -0.1) is 0 Å². The Morgan fingerprint density at radius 2 is 1.55 bits per heavy atom. The number of nitrogens with zero attached hydrogens (tertiary/aromatic N) is 2. The minimum absolute atomic E-state index is 0.000450. The molecule has 0 radical (unpaired) electrons. The number of H-pyrrole nitrogens is 1. The molecule has 1 saturated carbocycles. The summed E-state index contributed by atoms with van der Waals surface area (Å²) in [4.78, 5) is 94.7. The monoisotopic (exact) mass is 947 g/mol. The number of hydrogen-bond acceptors (Lipinski definition) is 10. The van der Waals surface area contributed by atoms with Gasteiger partial charge < -0.3 is 53.0 Å². The maximum atomic E-state index is 14.6. The summed E-state index contributed by atoms with van der Waals surface area (Å²) >= 11 is 0. The van der Waals surface area contributed by atoms with Crippen LogP contribution in [0.15, 0.2) is 59.7 Å². The van der Waals surface area contributed by atoms with Crippen molar-refractivity contribution in [3.05, 3.63) is 65.9 Å². The van der Waals surface area contributed by atoms with Crippen molar-refractivity contribution in [1.29, 1.82) is 0 Å². The molecular formula is C46H65N11O9S. The number of aliphatic imine (C=N–C) groups is 1. The lowest BCUT2D eigenvalue weighted by Crippen LogP contribution is -2.60. The highest BCUT2D eigenvalue weighted by Gasteiger charge is 2.41. The number of guanidine groups is 1. The minimum atomic E-state index is -3.94. The predicted molar refractivity (Wildman–Crippen MR) is 251 cm³/mol. The van der Waals surface area contributed by atoms with Crippen LogP contribution in [0.2, 0.25) is 0 Å². The zero-order valence-electron chi connectivity index (χ0n) is 37.9. The van der Waals surface area contributed by atoms with Crippen molar-refractivity contribution in [3.63, 3.8) is 0 Å². The lowest BCUT2D eigenvalue weighted by Gasteiger charge is -2.32. The second kappa shape index (κ2) is 23.5. The van der Waals surface area contributed by atoms with E-state index >= 15 is 0 Å². The van der Waals surface area contributed by atoms with E-state index in [2.05, 4.69) is 41.3 Å². The van der Waals surface area contributed by atoms with Crippen LogP contribution in [0, 0.1) is 5.92 Å². The molecule has 364 valence electrons. The molecule has 12 N–H and O–H groups in total. The molecule has 67 heavy (non-hydrogen) atoms. The van der Waals surface area contributed by atoms with Crippen LogP contribution in [0.25, 0.3) is 10.9 Å². The molecule has 1 aromatic heterocycles. The number of amides is 6. The largest absolute Gasteiger partial charge is 0.508 e. The number of benzene rings is 2. The molecular weight excluding hydrogens is 883 g/mol. The fourth-order valence-corrected chi connectivity index (χ4v) is 10.00. The first-order valence-corrected chi connectivity index (χ1v) is 25.1. The van der Waals surface area contributed by atoms with E-state index in [0.29, 0.717) is 24.8 Å². The highest BCUT2D eigenvalue weighted by atomic mass is 32.2. The Morgan fingerprint density at radius 3 is 2.28 bits per heavy atom. The molecule has 21 heteroatoms. The van der Waals surface area contributed by atoms with Crippen LogP contribution >= 0.6 is 0 Å². The smallest absolute Gasteiger partial charge is 0.245 e. The van der Waals surface area contributed by atoms with Crippen LogP contribution in [0.4, 0.5) is 0 Å². The zero-order valence-corrected chi connectivity index (χ0v) is 38.7. The number of aromatic hydroxyl groups is 1. The second-order valence-electron chi connectivity index (χ2n) is 17.9. The molecule has 6 amide bonds. The van der Waals surface area contributed by atoms with Gasteiger partial charge in [-0.3, -0.25) is 33.8 Å². The highest BCUT2D eigenvalue weighted by molar-refractivity contribution is 7.88. The molecule has 6 rings (SSSR count). The Morgan fingerprint density at radius 1 is 0.851 bits per heavy atom. The van der Waals surface area contributed by atoms with Crippen LogP contribution in [-0.2, 0) is 51.6 Å². The fourth-order valence-electron chi connectivity index (χ4n) is 9.29. The molecule has 3 fully saturated rings. The van der Waals surface area contributed by atoms with Gasteiger partial charge >= 0.3 is 0 Å². The molecule has 20 nitrogen and oxygen atoms in total. The Balaban J connectivity index is 1.32. The first-order valence-electron chi connectivity index (χ1n) is 23.2. The molecule has 2 aliphatic heterocycles. The SMILES string of the molecule is CS(=O)(=O)N[C@@H](Cc1ccc(O)cc1)C(=O)N[C@H]1CCCNC(=O)[C@H](CCCN=C(N)N)NC(=O)[C@H](Cc2c[nH]c3ccccc23)NC(=O)[C@@H](CC2CCCCC2)NC(=O)[C@@H]2CCCN2C1=O. The predicted octanol–water partition coefficient (Wildman–Crippen LogP) is 0.441. The summed E-state index contributed by atoms with van der Waals surface area (Å²) in [5.74, 6) is -3.75. The number of nitrogens with two attached hydrogens (primary N) is 2. The van der Waals surface area contributed by atoms with Crippen LogP contribution in [0.5, 0.6) is 5.75 Å². The van der Waals surface area contributed by atoms with E-state index in [1.807, 2.05) is 24.3 Å². The maximum absolute atomic E-state index is 14.6. The van der Waals surface area contributed by atoms with Gasteiger partial charge in [-0.1, -0.05) is 62.4 Å². The lowest BCUT2D eigenvalue weighted by molar-refractivity contribution is -0.142. The van der Waals surface area contributed by atoms with E-state index in [0.717, 1.165) is 54.8 Å². The van der Waals surface area contributed by atoms with Crippen LogP contribution < -0.4 is 42.8 Å². The molecule has 1 aliphatic carbocycles. The van der Waals surface area contributed by atoms with Crippen LogP contribution in [0.1, 0.15) is 88.2 Å². The number of para-hydroxylation sites is 1. The Kier molecular flexibility index (Phi) is 17.6. The Bertz CT molecular complexity index is 2360. The summed E-state index contributed by atoms with van der Waals surface area (Å²) in [6, 6.07) is 6.45. The van der Waals surface area contributed by atoms with E-state index in [1.54, 1.807) is 18.3 Å². The lowest BCUT2D eigenvalue weighted by atomic mass is 9.84. The topological polar surface area (TPSA) is 312 Å². The molecule has 6 atom stereocenters. The molecule has 3 aromatic rings. The first kappa shape index (κ1) is 50.2. The summed E-state index contributed by atoms with van der Waals surface area (Å²) in [5.41, 5.74) is 13.2. The number of nitrogens with one attached hydrogen (secondary N) is 7. The Labute approximate surface area is 390 Å². The van der Waals surface area contributed by atoms with Gasteiger partial charge in [0, 0.05) is 43.2 Å². The summed E-state index contributed by atoms with van der Waals surface area (Å²) < 4.78 is 27.3. The van der Waals surface area contributed by atoms with Crippen molar-refractivity contribution in [2.75, 3.05) is 25.9 Å². The number of carbonyl (C=O) groups excluding carboxylic acids is 6. The summed E-state index contributed by atoms with van der Waals surface area (Å²) in [7, 11) is -3.94. The third-order valence-corrected chi connectivity index (χ3v) is 13.4. The van der Waals surface area contributed by atoms with Gasteiger partial charge in [0.15, 0.2) is 5.96 Å². The van der Waals surface area contributed by atoms with E-state index < -0.39 is 81.7 Å². The van der Waals surface area contributed by atoms with Crippen molar-refractivity contribution in [2.45, 2.75) is 126 Å². The summed E-state index contributed by atoms with van der Waals surface area (Å²) in [6.07, 6.45) is 8.90. The molecule has 2 saturated heterocycles. The van der Waals surface area contributed by atoms with Gasteiger partial charge in [0.05, 0.1) is 6.26 Å². The molecule has 0 bridgehead atoms. The van der Waals surface area contributed by atoms with Crippen molar-refractivity contribution >= 4 is 62.3 Å². The first-order chi connectivity index (χ1) is 32.0. The second-order valence-corrected chi connectivity index (χ2v) is 19.7. The summed E-state index contributed by atoms with van der Waals surface area (Å²) in [6.45, 7) is 0.342. The highest BCUT2D eigenvalue weighted by Crippen LogP contribution is 2.28. The average Bonchev–Trinajstić information content (AvgIpc) is 3.95. The van der Waals surface area contributed by atoms with E-state index in [1.165, 1.54) is 17.0 Å².